The van der Waals surface area contributed by atoms with E-state index in [1.165, 1.54) is 6.08 Å². The van der Waals surface area contributed by atoms with E-state index in [2.05, 4.69) is 58.7 Å². The van der Waals surface area contributed by atoms with E-state index in [9.17, 15) is 9.59 Å². The Kier molecular flexibility index (Phi) is 8.34. The largest absolute Gasteiger partial charge is 0.478 e. The zero-order valence-corrected chi connectivity index (χ0v) is 22.1. The first kappa shape index (κ1) is 26.5. The molecule has 2 N–H and O–H groups in total. The van der Waals surface area contributed by atoms with Crippen molar-refractivity contribution in [2.24, 2.45) is 5.41 Å². The van der Waals surface area contributed by atoms with Crippen LogP contribution in [0.5, 0.6) is 0 Å². The van der Waals surface area contributed by atoms with Crippen molar-refractivity contribution in [3.05, 3.63) is 89.0 Å². The van der Waals surface area contributed by atoms with Crippen LogP contribution in [0.15, 0.2) is 72.8 Å². The highest BCUT2D eigenvalue weighted by Crippen LogP contribution is 2.41. The van der Waals surface area contributed by atoms with E-state index in [0.717, 1.165) is 60.6 Å². The quantitative estimate of drug-likeness (QED) is 0.308. The van der Waals surface area contributed by atoms with Crippen molar-refractivity contribution in [3.8, 4) is 11.1 Å². The third kappa shape index (κ3) is 6.80. The molecule has 3 aromatic carbocycles. The molecule has 6 heteroatoms. The molecule has 0 atom stereocenters. The zero-order chi connectivity index (χ0) is 26.4. The van der Waals surface area contributed by atoms with Gasteiger partial charge in [-0.25, -0.2) is 4.79 Å². The number of hydrogen-bond acceptors (Lipinski definition) is 3. The minimum Gasteiger partial charge on any atom is -0.478 e. The highest BCUT2D eigenvalue weighted by Gasteiger charge is 2.39. The minimum absolute atomic E-state index is 0.00835. The first-order valence-electron chi connectivity index (χ1n) is 12.6. The van der Waals surface area contributed by atoms with Gasteiger partial charge in [0, 0.05) is 36.6 Å². The molecule has 0 aliphatic heterocycles. The highest BCUT2D eigenvalue weighted by atomic mass is 35.5. The molecule has 3 aromatic rings. The summed E-state index contributed by atoms with van der Waals surface area (Å²) in [6.07, 6.45) is 8.04. The molecule has 0 aromatic heterocycles. The first-order valence-corrected chi connectivity index (χ1v) is 13.0. The van der Waals surface area contributed by atoms with E-state index in [0.29, 0.717) is 22.7 Å². The molecule has 1 saturated carbocycles. The molecular weight excluding hydrogens is 484 g/mol. The number of carbonyl (C=O) groups is 2. The Morgan fingerprint density at radius 2 is 1.57 bits per heavy atom. The fraction of sp³-hybridized carbons (Fsp3) is 0.290. The lowest BCUT2D eigenvalue weighted by atomic mass is 9.69. The Balaban J connectivity index is 1.52. The summed E-state index contributed by atoms with van der Waals surface area (Å²) in [4.78, 5) is 26.7. The maximum atomic E-state index is 13.7. The Labute approximate surface area is 223 Å². The summed E-state index contributed by atoms with van der Waals surface area (Å²) in [6.45, 7) is 0. The van der Waals surface area contributed by atoms with Crippen LogP contribution in [0.25, 0.3) is 17.2 Å². The van der Waals surface area contributed by atoms with Crippen molar-refractivity contribution in [3.63, 3.8) is 0 Å². The number of benzene rings is 3. The van der Waals surface area contributed by atoms with Crippen LogP contribution in [0.3, 0.4) is 0 Å². The smallest absolute Gasteiger partial charge is 0.328 e. The van der Waals surface area contributed by atoms with Gasteiger partial charge >= 0.3 is 5.97 Å². The summed E-state index contributed by atoms with van der Waals surface area (Å²) < 4.78 is 0. The monoisotopic (exact) mass is 516 g/mol. The molecule has 1 amide bonds. The van der Waals surface area contributed by atoms with Crippen molar-refractivity contribution in [1.29, 1.82) is 0 Å². The maximum absolute atomic E-state index is 13.7. The lowest BCUT2D eigenvalue weighted by Gasteiger charge is -2.36. The summed E-state index contributed by atoms with van der Waals surface area (Å²) in [5.41, 5.74) is 5.32. The van der Waals surface area contributed by atoms with Gasteiger partial charge in [-0.1, -0.05) is 67.3 Å². The van der Waals surface area contributed by atoms with Crippen LogP contribution in [0.2, 0.25) is 5.02 Å². The average Bonchev–Trinajstić information content (AvgIpc) is 2.88. The second kappa shape index (κ2) is 11.7. The van der Waals surface area contributed by atoms with Gasteiger partial charge in [0.2, 0.25) is 5.91 Å². The predicted molar refractivity (Wildman–Crippen MR) is 152 cm³/mol. The van der Waals surface area contributed by atoms with Gasteiger partial charge in [0.15, 0.2) is 0 Å². The van der Waals surface area contributed by atoms with Gasteiger partial charge in [0.25, 0.3) is 0 Å². The van der Waals surface area contributed by atoms with Crippen LogP contribution < -0.4 is 10.2 Å². The Morgan fingerprint density at radius 3 is 2.16 bits per heavy atom. The zero-order valence-electron chi connectivity index (χ0n) is 21.3. The van der Waals surface area contributed by atoms with E-state index < -0.39 is 11.4 Å². The van der Waals surface area contributed by atoms with Gasteiger partial charge in [-0.3, -0.25) is 4.79 Å². The number of nitrogens with one attached hydrogen (secondary N) is 1. The van der Waals surface area contributed by atoms with Gasteiger partial charge in [0.1, 0.15) is 0 Å². The minimum atomic E-state index is -1.04. The molecule has 0 unspecified atom stereocenters. The van der Waals surface area contributed by atoms with Gasteiger partial charge in [-0.15, -0.1) is 0 Å². The molecule has 192 valence electrons. The van der Waals surface area contributed by atoms with Crippen molar-refractivity contribution in [2.75, 3.05) is 24.3 Å². The SMILES string of the molecule is CN(C)c1ccc(-c2ccc(CC3(C(=O)Nc4cc(Cl)cc(/C=C/C(=O)O)c4)CCCCC3)cc2)cc1. The van der Waals surface area contributed by atoms with E-state index in [1.54, 1.807) is 18.2 Å². The Bertz CT molecular complexity index is 1270. The van der Waals surface area contributed by atoms with E-state index in [1.807, 2.05) is 14.1 Å². The van der Waals surface area contributed by atoms with Crippen molar-refractivity contribution in [1.82, 2.24) is 0 Å². The van der Waals surface area contributed by atoms with Crippen molar-refractivity contribution in [2.45, 2.75) is 38.5 Å². The van der Waals surface area contributed by atoms with Crippen LogP contribution >= 0.6 is 11.6 Å². The van der Waals surface area contributed by atoms with Gasteiger partial charge in [-0.05, 0) is 77.9 Å². The van der Waals surface area contributed by atoms with Crippen LogP contribution in [-0.2, 0) is 16.0 Å². The summed E-state index contributed by atoms with van der Waals surface area (Å²) >= 11 is 6.25. The molecule has 5 nitrogen and oxygen atoms in total. The van der Waals surface area contributed by atoms with E-state index in [-0.39, 0.29) is 5.91 Å². The number of amides is 1. The molecular formula is C31H33ClN2O3. The Hall–Kier alpha value is -3.57. The number of nitrogens with zero attached hydrogens (tertiary/aromatic N) is 1. The van der Waals surface area contributed by atoms with E-state index >= 15 is 0 Å². The second-order valence-corrected chi connectivity index (χ2v) is 10.5. The number of hydrogen-bond donors (Lipinski definition) is 2. The number of anilines is 2. The number of rotatable bonds is 8. The topological polar surface area (TPSA) is 69.6 Å². The number of halogens is 1. The van der Waals surface area contributed by atoms with Crippen LogP contribution in [0, 0.1) is 5.41 Å². The standard InChI is InChI=1S/C31H33ClN2O3/c1-34(2)28-13-11-25(12-14-28)24-9-6-22(7-10-24)21-31(16-4-3-5-17-31)30(37)33-27-19-23(8-15-29(35)36)18-26(32)20-27/h6-15,18-20H,3-5,16-17,21H2,1-2H3,(H,33,37)(H,35,36)/b15-8+. The fourth-order valence-electron chi connectivity index (χ4n) is 5.08. The number of carboxylic acid groups (broad SMARTS) is 1. The lowest BCUT2D eigenvalue weighted by Crippen LogP contribution is -2.40. The molecule has 1 aliphatic carbocycles. The van der Waals surface area contributed by atoms with Crippen LogP contribution in [0.4, 0.5) is 11.4 Å². The highest BCUT2D eigenvalue weighted by molar-refractivity contribution is 6.31. The molecule has 37 heavy (non-hydrogen) atoms. The molecule has 0 saturated heterocycles. The maximum Gasteiger partial charge on any atom is 0.328 e. The molecule has 1 aliphatic rings. The van der Waals surface area contributed by atoms with Crippen molar-refractivity contribution >= 4 is 40.9 Å². The summed E-state index contributed by atoms with van der Waals surface area (Å²) in [5, 5.41) is 12.4. The third-order valence-electron chi connectivity index (χ3n) is 7.10. The number of carboxylic acids is 1. The van der Waals surface area contributed by atoms with Crippen LogP contribution in [0.1, 0.15) is 43.2 Å². The van der Waals surface area contributed by atoms with Crippen molar-refractivity contribution < 1.29 is 14.7 Å². The van der Waals surface area contributed by atoms with Gasteiger partial charge < -0.3 is 15.3 Å². The van der Waals surface area contributed by atoms with Gasteiger partial charge in [0.05, 0.1) is 5.41 Å². The molecule has 0 spiro atoms. The van der Waals surface area contributed by atoms with Gasteiger partial charge in [-0.2, -0.15) is 0 Å². The average molecular weight is 517 g/mol. The molecule has 0 bridgehead atoms. The molecule has 1 fully saturated rings. The fourth-order valence-corrected chi connectivity index (χ4v) is 5.33. The molecule has 0 radical (unpaired) electrons. The summed E-state index contributed by atoms with van der Waals surface area (Å²) in [5.74, 6) is -1.05. The number of carbonyl (C=O) groups excluding carboxylic acids is 1. The number of aliphatic carboxylic acids is 1. The first-order chi connectivity index (χ1) is 17.7. The lowest BCUT2D eigenvalue weighted by molar-refractivity contribution is -0.131. The van der Waals surface area contributed by atoms with E-state index in [4.69, 9.17) is 16.7 Å². The Morgan fingerprint density at radius 1 is 0.946 bits per heavy atom. The predicted octanol–water partition coefficient (Wildman–Crippen LogP) is 7.30. The third-order valence-corrected chi connectivity index (χ3v) is 7.32. The summed E-state index contributed by atoms with van der Waals surface area (Å²) in [7, 11) is 4.06. The normalized spacial score (nSPS) is 14.9. The van der Waals surface area contributed by atoms with Crippen LogP contribution in [-0.4, -0.2) is 31.1 Å². The second-order valence-electron chi connectivity index (χ2n) is 10.1. The molecule has 4 rings (SSSR count). The molecule has 0 heterocycles. The summed E-state index contributed by atoms with van der Waals surface area (Å²) in [6, 6.07) is 22.1.